The van der Waals surface area contributed by atoms with Crippen LogP contribution in [0.25, 0.3) is 11.3 Å². The Hall–Kier alpha value is -2.15. The van der Waals surface area contributed by atoms with Crippen LogP contribution in [-0.4, -0.2) is 22.2 Å². The fourth-order valence-corrected chi connectivity index (χ4v) is 3.93. The number of aryl methyl sites for hydroxylation is 2. The predicted octanol–water partition coefficient (Wildman–Crippen LogP) is 3.54. The number of carbonyl (C=O) groups excluding carboxylic acids is 1. The number of nitrogens with zero attached hydrogens (tertiary/aromatic N) is 2. The number of benzene rings is 1. The zero-order chi connectivity index (χ0) is 18.0. The second-order valence-electron chi connectivity index (χ2n) is 5.72. The molecule has 0 saturated heterocycles. The fourth-order valence-electron chi connectivity index (χ4n) is 2.74. The Bertz CT molecular complexity index is 868. The molecule has 0 aliphatic carbocycles. The molecule has 3 rings (SSSR count). The van der Waals surface area contributed by atoms with Crippen molar-refractivity contribution in [1.29, 1.82) is 0 Å². The highest BCUT2D eigenvalue weighted by molar-refractivity contribution is 7.14. The molecule has 0 fully saturated rings. The van der Waals surface area contributed by atoms with Crippen LogP contribution in [0.15, 0.2) is 42.6 Å². The minimum Gasteiger partial charge on any atom is -0.343 e. The van der Waals surface area contributed by atoms with E-state index in [9.17, 15) is 4.79 Å². The van der Waals surface area contributed by atoms with E-state index in [1.807, 2.05) is 50.4 Å². The number of nitrogens with two attached hydrogens (primary N) is 1. The molecule has 1 amide bonds. The van der Waals surface area contributed by atoms with Crippen LogP contribution in [0.5, 0.6) is 0 Å². The molecule has 0 bridgehead atoms. The normalized spacial score (nSPS) is 12.2. The number of hydrogen-bond acceptors (Lipinski definition) is 4. The third-order valence-corrected chi connectivity index (χ3v) is 5.36. The van der Waals surface area contributed by atoms with E-state index >= 15 is 0 Å². The van der Waals surface area contributed by atoms with Crippen LogP contribution in [0.2, 0.25) is 5.02 Å². The predicted molar refractivity (Wildman–Crippen MR) is 102 cm³/mol. The van der Waals surface area contributed by atoms with Crippen LogP contribution in [-0.2, 0) is 7.05 Å². The zero-order valence-corrected chi connectivity index (χ0v) is 15.6. The topological polar surface area (TPSA) is 72.9 Å². The number of rotatable bonds is 5. The number of thiophene rings is 1. The highest BCUT2D eigenvalue weighted by Crippen LogP contribution is 2.35. The Balaban J connectivity index is 1.85. The van der Waals surface area contributed by atoms with Crippen LogP contribution >= 0.6 is 22.9 Å². The van der Waals surface area contributed by atoms with Crippen molar-refractivity contribution in [3.05, 3.63) is 62.9 Å². The van der Waals surface area contributed by atoms with Gasteiger partial charge in [0.1, 0.15) is 0 Å². The summed E-state index contributed by atoms with van der Waals surface area (Å²) in [6.45, 7) is 2.30. The Labute approximate surface area is 155 Å². The Morgan fingerprint density at radius 2 is 2.12 bits per heavy atom. The molecule has 0 spiro atoms. The summed E-state index contributed by atoms with van der Waals surface area (Å²) in [5.74, 6) is -0.142. The average Bonchev–Trinajstić information content (AvgIpc) is 3.15. The van der Waals surface area contributed by atoms with E-state index in [4.69, 9.17) is 17.3 Å². The maximum absolute atomic E-state index is 12.7. The Morgan fingerprint density at radius 3 is 2.72 bits per heavy atom. The fraction of sp³-hybridized carbons (Fsp3) is 0.222. The first-order valence-corrected chi connectivity index (χ1v) is 9.05. The molecule has 0 saturated carbocycles. The van der Waals surface area contributed by atoms with Crippen LogP contribution in [0, 0.1) is 6.92 Å². The SMILES string of the molecule is Cc1sc(C(=O)N[C@H](CN)c2ccccc2)cc1-c1c(Cl)cnn1C. The second kappa shape index (κ2) is 7.39. The van der Waals surface area contributed by atoms with E-state index in [0.717, 1.165) is 21.7 Å². The molecular formula is C18H19ClN4OS. The van der Waals surface area contributed by atoms with Gasteiger partial charge in [0, 0.05) is 24.0 Å². The summed E-state index contributed by atoms with van der Waals surface area (Å²) in [6.07, 6.45) is 1.60. The molecular weight excluding hydrogens is 356 g/mol. The molecule has 130 valence electrons. The molecule has 25 heavy (non-hydrogen) atoms. The first-order valence-electron chi connectivity index (χ1n) is 7.85. The van der Waals surface area contributed by atoms with Crippen molar-refractivity contribution < 1.29 is 4.79 Å². The van der Waals surface area contributed by atoms with Crippen molar-refractivity contribution in [3.63, 3.8) is 0 Å². The summed E-state index contributed by atoms with van der Waals surface area (Å²) in [6, 6.07) is 11.3. The van der Waals surface area contributed by atoms with Gasteiger partial charge in [0.2, 0.25) is 0 Å². The van der Waals surface area contributed by atoms with Gasteiger partial charge in [-0.2, -0.15) is 5.10 Å². The third-order valence-electron chi connectivity index (χ3n) is 4.03. The minimum atomic E-state index is -0.222. The lowest BCUT2D eigenvalue weighted by Gasteiger charge is -2.16. The molecule has 3 aromatic rings. The van der Waals surface area contributed by atoms with Gasteiger partial charge < -0.3 is 11.1 Å². The monoisotopic (exact) mass is 374 g/mol. The highest BCUT2D eigenvalue weighted by Gasteiger charge is 2.20. The average molecular weight is 375 g/mol. The molecule has 1 aromatic carbocycles. The molecule has 0 aliphatic heterocycles. The summed E-state index contributed by atoms with van der Waals surface area (Å²) in [5.41, 5.74) is 8.56. The van der Waals surface area contributed by atoms with Crippen LogP contribution in [0.1, 0.15) is 26.2 Å². The molecule has 2 heterocycles. The molecule has 0 unspecified atom stereocenters. The maximum Gasteiger partial charge on any atom is 0.261 e. The first kappa shape index (κ1) is 17.7. The first-order chi connectivity index (χ1) is 12.0. The number of hydrogen-bond donors (Lipinski definition) is 2. The second-order valence-corrected chi connectivity index (χ2v) is 7.38. The lowest BCUT2D eigenvalue weighted by atomic mass is 10.1. The maximum atomic E-state index is 12.7. The van der Waals surface area contributed by atoms with Crippen molar-refractivity contribution in [1.82, 2.24) is 15.1 Å². The van der Waals surface area contributed by atoms with Crippen molar-refractivity contribution in [3.8, 4) is 11.3 Å². The number of nitrogens with one attached hydrogen (secondary N) is 1. The Kier molecular flexibility index (Phi) is 5.22. The number of amides is 1. The van der Waals surface area contributed by atoms with E-state index in [-0.39, 0.29) is 11.9 Å². The van der Waals surface area contributed by atoms with Gasteiger partial charge in [0.05, 0.1) is 27.8 Å². The molecule has 1 atom stereocenters. The van der Waals surface area contributed by atoms with E-state index in [1.54, 1.807) is 10.9 Å². The van der Waals surface area contributed by atoms with Crippen molar-refractivity contribution in [2.75, 3.05) is 6.54 Å². The molecule has 3 N–H and O–H groups in total. The van der Waals surface area contributed by atoms with Gasteiger partial charge in [0.25, 0.3) is 5.91 Å². The van der Waals surface area contributed by atoms with Crippen LogP contribution in [0.4, 0.5) is 0 Å². The van der Waals surface area contributed by atoms with Crippen molar-refractivity contribution in [2.45, 2.75) is 13.0 Å². The standard InChI is InChI=1S/C18H19ClN4OS/c1-11-13(17-14(19)10-21-23(17)2)8-16(25-11)18(24)22-15(9-20)12-6-4-3-5-7-12/h3-8,10,15H,9,20H2,1-2H3,(H,22,24)/t15-/m1/s1. The largest absolute Gasteiger partial charge is 0.343 e. The van der Waals surface area contributed by atoms with E-state index in [0.29, 0.717) is 16.4 Å². The zero-order valence-electron chi connectivity index (χ0n) is 14.0. The summed E-state index contributed by atoms with van der Waals surface area (Å²) < 4.78 is 1.71. The molecule has 5 nitrogen and oxygen atoms in total. The number of aromatic nitrogens is 2. The van der Waals surface area contributed by atoms with Gasteiger partial charge in [-0.1, -0.05) is 41.9 Å². The lowest BCUT2D eigenvalue weighted by Crippen LogP contribution is -2.32. The quantitative estimate of drug-likeness (QED) is 0.717. The summed E-state index contributed by atoms with van der Waals surface area (Å²) >= 11 is 7.66. The van der Waals surface area contributed by atoms with Gasteiger partial charge in [-0.15, -0.1) is 11.3 Å². The van der Waals surface area contributed by atoms with Gasteiger partial charge >= 0.3 is 0 Å². The molecule has 7 heteroatoms. The summed E-state index contributed by atoms with van der Waals surface area (Å²) in [5, 5.41) is 7.74. The smallest absolute Gasteiger partial charge is 0.261 e. The van der Waals surface area contributed by atoms with Gasteiger partial charge in [-0.05, 0) is 18.6 Å². The number of halogens is 1. The summed E-state index contributed by atoms with van der Waals surface area (Å²) in [4.78, 5) is 14.3. The van der Waals surface area contributed by atoms with Crippen LogP contribution < -0.4 is 11.1 Å². The van der Waals surface area contributed by atoms with E-state index in [2.05, 4.69) is 10.4 Å². The lowest BCUT2D eigenvalue weighted by molar-refractivity contribution is 0.0942. The van der Waals surface area contributed by atoms with Gasteiger partial charge in [-0.25, -0.2) is 0 Å². The van der Waals surface area contributed by atoms with Crippen molar-refractivity contribution in [2.24, 2.45) is 12.8 Å². The third kappa shape index (κ3) is 3.61. The van der Waals surface area contributed by atoms with Crippen LogP contribution in [0.3, 0.4) is 0 Å². The number of carbonyl (C=O) groups is 1. The summed E-state index contributed by atoms with van der Waals surface area (Å²) in [7, 11) is 1.83. The van der Waals surface area contributed by atoms with E-state index < -0.39 is 0 Å². The highest BCUT2D eigenvalue weighted by atomic mass is 35.5. The van der Waals surface area contributed by atoms with Crippen molar-refractivity contribution >= 4 is 28.8 Å². The Morgan fingerprint density at radius 1 is 1.40 bits per heavy atom. The molecule has 2 aromatic heterocycles. The molecule has 0 aliphatic rings. The van der Waals surface area contributed by atoms with E-state index in [1.165, 1.54) is 11.3 Å². The van der Waals surface area contributed by atoms with Gasteiger partial charge in [0.15, 0.2) is 0 Å². The van der Waals surface area contributed by atoms with Gasteiger partial charge in [-0.3, -0.25) is 9.48 Å². The molecule has 0 radical (unpaired) electrons. The minimum absolute atomic E-state index is 0.142.